The zero-order valence-electron chi connectivity index (χ0n) is 15.9. The minimum atomic E-state index is -0.0641. The normalized spacial score (nSPS) is 12.5. The number of fused-ring (bicyclic) bond motifs is 1. The molecular weight excluding hydrogens is 324 g/mol. The molecule has 3 rings (SSSR count). The Hall–Kier alpha value is -2.69. The van der Waals surface area contributed by atoms with E-state index in [2.05, 4.69) is 31.2 Å². The van der Waals surface area contributed by atoms with Crippen molar-refractivity contribution < 1.29 is 4.79 Å². The number of carbonyl (C=O) groups excluding carboxylic acids is 1. The second-order valence-electron chi connectivity index (χ2n) is 6.85. The molecule has 0 aliphatic rings. The van der Waals surface area contributed by atoms with Crippen LogP contribution in [0.25, 0.3) is 22.3 Å². The molecule has 1 aromatic carbocycles. The highest BCUT2D eigenvalue weighted by atomic mass is 16.1. The van der Waals surface area contributed by atoms with Gasteiger partial charge in [-0.25, -0.2) is 9.67 Å². The maximum absolute atomic E-state index is 13.0. The van der Waals surface area contributed by atoms with Crippen LogP contribution in [0.3, 0.4) is 0 Å². The number of carbonyl (C=O) groups is 1. The van der Waals surface area contributed by atoms with Gasteiger partial charge in [-0.15, -0.1) is 0 Å². The lowest BCUT2D eigenvalue weighted by Crippen LogP contribution is -2.38. The van der Waals surface area contributed by atoms with Gasteiger partial charge in [0, 0.05) is 18.2 Å². The van der Waals surface area contributed by atoms with E-state index < -0.39 is 0 Å². The first kappa shape index (κ1) is 18.1. The number of rotatable bonds is 6. The third kappa shape index (κ3) is 3.47. The quantitative estimate of drug-likeness (QED) is 0.722. The molecule has 0 fully saturated rings. The summed E-state index contributed by atoms with van der Waals surface area (Å²) in [6.07, 6.45) is 2.64. The standard InChI is InChI=1S/C21H26N4O/c1-5-18(14(3)4)24-21(26)16-12-19(15-10-8-7-9-11-15)23-20-17(16)13-22-25(20)6-2/h7-14,18H,5-6H2,1-4H3,(H,24,26). The molecule has 26 heavy (non-hydrogen) atoms. The first-order valence-corrected chi connectivity index (χ1v) is 9.28. The number of amides is 1. The number of nitrogens with one attached hydrogen (secondary N) is 1. The predicted molar refractivity (Wildman–Crippen MR) is 105 cm³/mol. The van der Waals surface area contributed by atoms with Crippen molar-refractivity contribution in [2.45, 2.75) is 46.7 Å². The van der Waals surface area contributed by atoms with Crippen LogP contribution < -0.4 is 5.32 Å². The van der Waals surface area contributed by atoms with Crippen molar-refractivity contribution in [1.29, 1.82) is 0 Å². The van der Waals surface area contributed by atoms with Crippen molar-refractivity contribution in [3.8, 4) is 11.3 Å². The lowest BCUT2D eigenvalue weighted by atomic mass is 10.0. The lowest BCUT2D eigenvalue weighted by molar-refractivity contribution is 0.0926. The van der Waals surface area contributed by atoms with Crippen molar-refractivity contribution >= 4 is 16.9 Å². The molecule has 3 aromatic rings. The fraction of sp³-hybridized carbons (Fsp3) is 0.381. The van der Waals surface area contributed by atoms with E-state index in [0.717, 1.165) is 28.7 Å². The Balaban J connectivity index is 2.11. The lowest BCUT2D eigenvalue weighted by Gasteiger charge is -2.21. The van der Waals surface area contributed by atoms with Crippen molar-refractivity contribution in [2.75, 3.05) is 0 Å². The van der Waals surface area contributed by atoms with E-state index in [1.54, 1.807) is 6.20 Å². The molecule has 0 saturated carbocycles. The summed E-state index contributed by atoms with van der Waals surface area (Å²) in [4.78, 5) is 17.8. The van der Waals surface area contributed by atoms with E-state index >= 15 is 0 Å². The third-order valence-electron chi connectivity index (χ3n) is 4.78. The monoisotopic (exact) mass is 350 g/mol. The number of nitrogens with zero attached hydrogens (tertiary/aromatic N) is 3. The van der Waals surface area contributed by atoms with Crippen LogP contribution >= 0.6 is 0 Å². The molecule has 0 aliphatic heterocycles. The summed E-state index contributed by atoms with van der Waals surface area (Å²) in [5.41, 5.74) is 3.16. The Morgan fingerprint density at radius 2 is 1.92 bits per heavy atom. The smallest absolute Gasteiger partial charge is 0.252 e. The van der Waals surface area contributed by atoms with Gasteiger partial charge in [-0.05, 0) is 25.3 Å². The molecule has 0 saturated heterocycles. The highest BCUT2D eigenvalue weighted by Crippen LogP contribution is 2.25. The summed E-state index contributed by atoms with van der Waals surface area (Å²) < 4.78 is 1.83. The average Bonchev–Trinajstić information content (AvgIpc) is 3.08. The number of pyridine rings is 1. The van der Waals surface area contributed by atoms with Crippen LogP contribution in [0.15, 0.2) is 42.6 Å². The van der Waals surface area contributed by atoms with E-state index in [9.17, 15) is 4.79 Å². The summed E-state index contributed by atoms with van der Waals surface area (Å²) in [5, 5.41) is 8.37. The van der Waals surface area contributed by atoms with Gasteiger partial charge < -0.3 is 5.32 Å². The van der Waals surface area contributed by atoms with Gasteiger partial charge in [-0.1, -0.05) is 51.1 Å². The Kier molecular flexibility index (Phi) is 5.35. The summed E-state index contributed by atoms with van der Waals surface area (Å²) in [7, 11) is 0. The first-order valence-electron chi connectivity index (χ1n) is 9.28. The van der Waals surface area contributed by atoms with Crippen LogP contribution in [0.1, 0.15) is 44.5 Å². The van der Waals surface area contributed by atoms with Crippen LogP contribution in [0.2, 0.25) is 0 Å². The molecule has 5 nitrogen and oxygen atoms in total. The Morgan fingerprint density at radius 3 is 2.54 bits per heavy atom. The van der Waals surface area contributed by atoms with E-state index in [1.807, 2.05) is 48.0 Å². The maximum Gasteiger partial charge on any atom is 0.252 e. The fourth-order valence-electron chi connectivity index (χ4n) is 3.21. The fourth-order valence-corrected chi connectivity index (χ4v) is 3.21. The van der Waals surface area contributed by atoms with Gasteiger partial charge in [0.15, 0.2) is 5.65 Å². The topological polar surface area (TPSA) is 59.8 Å². The molecule has 2 heterocycles. The Labute approximate surface area is 154 Å². The number of aromatic nitrogens is 3. The highest BCUT2D eigenvalue weighted by Gasteiger charge is 2.20. The highest BCUT2D eigenvalue weighted by molar-refractivity contribution is 6.06. The van der Waals surface area contributed by atoms with Gasteiger partial charge in [0.25, 0.3) is 5.91 Å². The molecule has 5 heteroatoms. The maximum atomic E-state index is 13.0. The summed E-state index contributed by atoms with van der Waals surface area (Å²) >= 11 is 0. The van der Waals surface area contributed by atoms with Crippen molar-refractivity contribution in [3.63, 3.8) is 0 Å². The first-order chi connectivity index (χ1) is 12.5. The van der Waals surface area contributed by atoms with Crippen molar-refractivity contribution in [1.82, 2.24) is 20.1 Å². The van der Waals surface area contributed by atoms with E-state index in [-0.39, 0.29) is 11.9 Å². The number of aryl methyl sites for hydroxylation is 1. The Bertz CT molecular complexity index is 899. The number of hydrogen-bond donors (Lipinski definition) is 1. The van der Waals surface area contributed by atoms with Gasteiger partial charge in [-0.2, -0.15) is 5.10 Å². The van der Waals surface area contributed by atoms with E-state index in [4.69, 9.17) is 4.98 Å². The Morgan fingerprint density at radius 1 is 1.19 bits per heavy atom. The summed E-state index contributed by atoms with van der Waals surface area (Å²) in [6.45, 7) is 9.08. The second-order valence-corrected chi connectivity index (χ2v) is 6.85. The van der Waals surface area contributed by atoms with Gasteiger partial charge in [-0.3, -0.25) is 4.79 Å². The molecule has 0 spiro atoms. The van der Waals surface area contributed by atoms with Crippen LogP contribution in [0.4, 0.5) is 0 Å². The minimum Gasteiger partial charge on any atom is -0.349 e. The molecule has 0 aliphatic carbocycles. The zero-order valence-corrected chi connectivity index (χ0v) is 15.9. The SMILES string of the molecule is CCC(NC(=O)c1cc(-c2ccccc2)nc2c1cnn2CC)C(C)C. The van der Waals surface area contributed by atoms with Gasteiger partial charge >= 0.3 is 0 Å². The molecule has 2 aromatic heterocycles. The zero-order chi connectivity index (χ0) is 18.7. The molecule has 136 valence electrons. The molecule has 1 N–H and O–H groups in total. The second kappa shape index (κ2) is 7.68. The minimum absolute atomic E-state index is 0.0641. The molecular formula is C21H26N4O. The van der Waals surface area contributed by atoms with Crippen LogP contribution in [0.5, 0.6) is 0 Å². The van der Waals surface area contributed by atoms with Crippen LogP contribution in [0, 0.1) is 5.92 Å². The summed E-state index contributed by atoms with van der Waals surface area (Å²) in [6, 6.07) is 12.0. The van der Waals surface area contributed by atoms with Crippen molar-refractivity contribution in [3.05, 3.63) is 48.2 Å². The predicted octanol–water partition coefficient (Wildman–Crippen LogP) is 4.28. The van der Waals surface area contributed by atoms with E-state index in [0.29, 0.717) is 18.0 Å². The van der Waals surface area contributed by atoms with E-state index in [1.165, 1.54) is 0 Å². The van der Waals surface area contributed by atoms with Gasteiger partial charge in [0.1, 0.15) is 0 Å². The third-order valence-corrected chi connectivity index (χ3v) is 4.78. The number of benzene rings is 1. The van der Waals surface area contributed by atoms with Gasteiger partial charge in [0.2, 0.25) is 0 Å². The largest absolute Gasteiger partial charge is 0.349 e. The molecule has 1 unspecified atom stereocenters. The van der Waals surface area contributed by atoms with Crippen LogP contribution in [-0.2, 0) is 6.54 Å². The van der Waals surface area contributed by atoms with Crippen molar-refractivity contribution in [2.24, 2.45) is 5.92 Å². The molecule has 1 amide bonds. The molecule has 0 bridgehead atoms. The molecule has 0 radical (unpaired) electrons. The number of hydrogen-bond acceptors (Lipinski definition) is 3. The van der Waals surface area contributed by atoms with Gasteiger partial charge in [0.05, 0.1) is 22.8 Å². The van der Waals surface area contributed by atoms with Crippen LogP contribution in [-0.4, -0.2) is 26.7 Å². The molecule has 1 atom stereocenters. The summed E-state index contributed by atoms with van der Waals surface area (Å²) in [5.74, 6) is 0.319. The average molecular weight is 350 g/mol.